The number of aromatic nitrogens is 2. The smallest absolute Gasteiger partial charge is 0.255 e. The van der Waals surface area contributed by atoms with Crippen LogP contribution in [0.4, 0.5) is 0 Å². The number of halogens is 1. The summed E-state index contributed by atoms with van der Waals surface area (Å²) >= 11 is 5.37. The molecule has 4 heteroatoms. The summed E-state index contributed by atoms with van der Waals surface area (Å²) in [5, 5.41) is 7.07. The molecule has 0 aromatic carbocycles. The molecule has 1 radical (unpaired) electrons. The summed E-state index contributed by atoms with van der Waals surface area (Å²) in [6.07, 6.45) is 1.57. The van der Waals surface area contributed by atoms with Gasteiger partial charge in [0, 0.05) is 0 Å². The van der Waals surface area contributed by atoms with Gasteiger partial charge in [0.05, 0.1) is 0 Å². The van der Waals surface area contributed by atoms with Crippen molar-refractivity contribution in [3.05, 3.63) is 23.0 Å². The van der Waals surface area contributed by atoms with Crippen LogP contribution < -0.4 is 0 Å². The Bertz CT molecular complexity index is 209. The van der Waals surface area contributed by atoms with Crippen molar-refractivity contribution in [2.75, 3.05) is 0 Å². The van der Waals surface area contributed by atoms with E-state index in [1.165, 1.54) is 12.1 Å². The van der Waals surface area contributed by atoms with Crippen molar-refractivity contribution in [2.24, 2.45) is 0 Å². The third-order valence-electron chi connectivity index (χ3n) is 0.737. The van der Waals surface area contributed by atoms with E-state index in [4.69, 9.17) is 11.6 Å². The largest absolute Gasteiger partial charge is 0.283 e. The molecule has 1 heterocycles. The fraction of sp³-hybridized carbons (Fsp3) is 0. The van der Waals surface area contributed by atoms with Crippen LogP contribution in [0.5, 0.6) is 0 Å². The van der Waals surface area contributed by atoms with Crippen molar-refractivity contribution in [1.82, 2.24) is 10.2 Å². The van der Waals surface area contributed by atoms with Crippen LogP contribution in [0, 0.1) is 0 Å². The highest BCUT2D eigenvalue weighted by Crippen LogP contribution is 1.99. The zero-order valence-corrected chi connectivity index (χ0v) is 5.09. The Kier molecular flexibility index (Phi) is 1.75. The van der Waals surface area contributed by atoms with Crippen LogP contribution in [-0.2, 0) is 4.79 Å². The normalized spacial score (nSPS) is 9.00. The van der Waals surface area contributed by atoms with E-state index in [2.05, 4.69) is 10.2 Å². The van der Waals surface area contributed by atoms with Gasteiger partial charge in [-0.2, -0.15) is 0 Å². The van der Waals surface area contributed by atoms with Gasteiger partial charge in [-0.05, 0) is 12.1 Å². The molecule has 0 saturated heterocycles. The maximum Gasteiger partial charge on any atom is 0.255 e. The molecule has 1 aromatic rings. The standard InChI is InChI=1S/C5H2ClN2O/c6-5-2-1-4(3-9)7-8-5/h1-2H. The number of nitrogens with zero attached hydrogens (tertiary/aromatic N) is 2. The lowest BCUT2D eigenvalue weighted by Crippen LogP contribution is -1.88. The first-order valence-electron chi connectivity index (χ1n) is 2.20. The minimum absolute atomic E-state index is 0.166. The van der Waals surface area contributed by atoms with Gasteiger partial charge in [-0.15, -0.1) is 10.2 Å². The van der Waals surface area contributed by atoms with Crippen LogP contribution in [0.15, 0.2) is 12.1 Å². The molecule has 0 spiro atoms. The Hall–Kier alpha value is -0.960. The van der Waals surface area contributed by atoms with Gasteiger partial charge >= 0.3 is 0 Å². The lowest BCUT2D eigenvalue weighted by molar-refractivity contribution is 0.561. The zero-order chi connectivity index (χ0) is 6.69. The highest BCUT2D eigenvalue weighted by molar-refractivity contribution is 6.29. The van der Waals surface area contributed by atoms with E-state index in [9.17, 15) is 4.79 Å². The van der Waals surface area contributed by atoms with Crippen molar-refractivity contribution in [3.8, 4) is 0 Å². The van der Waals surface area contributed by atoms with Gasteiger partial charge in [-0.25, -0.2) is 0 Å². The third-order valence-corrected chi connectivity index (χ3v) is 0.938. The molecule has 0 saturated carbocycles. The molecule has 0 aliphatic rings. The third kappa shape index (κ3) is 1.47. The molecule has 0 fully saturated rings. The number of hydrogen-bond acceptors (Lipinski definition) is 3. The fourth-order valence-electron chi connectivity index (χ4n) is 0.370. The minimum atomic E-state index is 0.166. The summed E-state index contributed by atoms with van der Waals surface area (Å²) in [5.41, 5.74) is 0.166. The number of carbonyl (C=O) groups excluding carboxylic acids is 1. The van der Waals surface area contributed by atoms with Crippen LogP contribution in [0.25, 0.3) is 0 Å². The molecule has 9 heavy (non-hydrogen) atoms. The second-order valence-corrected chi connectivity index (χ2v) is 1.73. The van der Waals surface area contributed by atoms with Gasteiger partial charge in [0.25, 0.3) is 6.29 Å². The Morgan fingerprint density at radius 2 is 2.22 bits per heavy atom. The van der Waals surface area contributed by atoms with E-state index in [0.717, 1.165) is 0 Å². The van der Waals surface area contributed by atoms with Crippen LogP contribution in [0.3, 0.4) is 0 Å². The predicted molar refractivity (Wildman–Crippen MR) is 31.8 cm³/mol. The van der Waals surface area contributed by atoms with Crippen LogP contribution in [-0.4, -0.2) is 16.5 Å². The second-order valence-electron chi connectivity index (χ2n) is 1.34. The van der Waals surface area contributed by atoms with Crippen molar-refractivity contribution in [2.45, 2.75) is 0 Å². The lowest BCUT2D eigenvalue weighted by Gasteiger charge is -1.84. The summed E-state index contributed by atoms with van der Waals surface area (Å²) in [6, 6.07) is 2.93. The van der Waals surface area contributed by atoms with E-state index < -0.39 is 0 Å². The summed E-state index contributed by atoms with van der Waals surface area (Å²) in [4.78, 5) is 9.85. The van der Waals surface area contributed by atoms with E-state index in [1.54, 1.807) is 6.29 Å². The molecule has 0 atom stereocenters. The van der Waals surface area contributed by atoms with Crippen molar-refractivity contribution in [3.63, 3.8) is 0 Å². The van der Waals surface area contributed by atoms with E-state index in [-0.39, 0.29) is 10.8 Å². The minimum Gasteiger partial charge on any atom is -0.283 e. The monoisotopic (exact) mass is 141 g/mol. The number of rotatable bonds is 1. The lowest BCUT2D eigenvalue weighted by atomic mass is 10.4. The average Bonchev–Trinajstić information content (AvgIpc) is 1.90. The molecule has 0 amide bonds. The summed E-state index contributed by atoms with van der Waals surface area (Å²) in [7, 11) is 0. The SMILES string of the molecule is O=[C]c1ccc(Cl)nn1. The quantitative estimate of drug-likeness (QED) is 0.575. The molecule has 3 nitrogen and oxygen atoms in total. The van der Waals surface area contributed by atoms with Crippen LogP contribution >= 0.6 is 11.6 Å². The van der Waals surface area contributed by atoms with E-state index in [0.29, 0.717) is 0 Å². The van der Waals surface area contributed by atoms with Crippen molar-refractivity contribution < 1.29 is 4.79 Å². The van der Waals surface area contributed by atoms with Gasteiger partial charge in [0.1, 0.15) is 5.69 Å². The Balaban J connectivity index is 3.01. The predicted octanol–water partition coefficient (Wildman–Crippen LogP) is 0.588. The maximum absolute atomic E-state index is 9.85. The Morgan fingerprint density at radius 3 is 2.67 bits per heavy atom. The first-order chi connectivity index (χ1) is 4.33. The first kappa shape index (κ1) is 6.16. The molecule has 0 bridgehead atoms. The van der Waals surface area contributed by atoms with Crippen molar-refractivity contribution >= 4 is 17.9 Å². The van der Waals surface area contributed by atoms with Gasteiger partial charge in [0.2, 0.25) is 0 Å². The Labute approximate surface area is 56.7 Å². The van der Waals surface area contributed by atoms with Gasteiger partial charge in [-0.3, -0.25) is 4.79 Å². The van der Waals surface area contributed by atoms with E-state index >= 15 is 0 Å². The summed E-state index contributed by atoms with van der Waals surface area (Å²) < 4.78 is 0. The summed E-state index contributed by atoms with van der Waals surface area (Å²) in [6.45, 7) is 0. The molecule has 0 aliphatic carbocycles. The molecular weight excluding hydrogens is 140 g/mol. The molecule has 1 aromatic heterocycles. The van der Waals surface area contributed by atoms with Crippen molar-refractivity contribution in [1.29, 1.82) is 0 Å². The molecule has 0 aliphatic heterocycles. The molecular formula is C5H2ClN2O. The van der Waals surface area contributed by atoms with E-state index in [1.807, 2.05) is 0 Å². The topological polar surface area (TPSA) is 42.9 Å². The maximum atomic E-state index is 9.85. The molecule has 1 rings (SSSR count). The fourth-order valence-corrected chi connectivity index (χ4v) is 0.471. The van der Waals surface area contributed by atoms with Crippen LogP contribution in [0.1, 0.15) is 5.69 Å². The van der Waals surface area contributed by atoms with Gasteiger partial charge < -0.3 is 0 Å². The number of hydrogen-bond donors (Lipinski definition) is 0. The van der Waals surface area contributed by atoms with Gasteiger partial charge in [-0.1, -0.05) is 11.6 Å². The molecule has 45 valence electrons. The first-order valence-corrected chi connectivity index (χ1v) is 2.58. The average molecular weight is 142 g/mol. The summed E-state index contributed by atoms with van der Waals surface area (Å²) in [5.74, 6) is 0. The van der Waals surface area contributed by atoms with Gasteiger partial charge in [0.15, 0.2) is 5.15 Å². The highest BCUT2D eigenvalue weighted by atomic mass is 35.5. The van der Waals surface area contributed by atoms with Crippen LogP contribution in [0.2, 0.25) is 5.15 Å². The molecule has 0 N–H and O–H groups in total. The highest BCUT2D eigenvalue weighted by Gasteiger charge is 1.91. The zero-order valence-electron chi connectivity index (χ0n) is 4.34. The molecule has 0 unspecified atom stereocenters. The Morgan fingerprint density at radius 1 is 1.44 bits per heavy atom. The second kappa shape index (κ2) is 2.55.